The molecule has 108 valence electrons. The highest BCUT2D eigenvalue weighted by Crippen LogP contribution is 2.31. The third-order valence-corrected chi connectivity index (χ3v) is 3.28. The first-order valence-corrected chi connectivity index (χ1v) is 6.62. The van der Waals surface area contributed by atoms with Gasteiger partial charge in [0, 0.05) is 18.7 Å². The van der Waals surface area contributed by atoms with Crippen LogP contribution < -0.4 is 14.8 Å². The minimum Gasteiger partial charge on any atom is -0.493 e. The number of carbonyl (C=O) groups excluding carboxylic acids is 1. The van der Waals surface area contributed by atoms with Crippen molar-refractivity contribution in [3.8, 4) is 11.5 Å². The number of hydrogen-bond acceptors (Lipinski definition) is 4. The van der Waals surface area contributed by atoms with Gasteiger partial charge < -0.3 is 24.3 Å². The molecule has 0 fully saturated rings. The molecule has 0 unspecified atom stereocenters. The van der Waals surface area contributed by atoms with Crippen LogP contribution in [0.1, 0.15) is 6.92 Å². The van der Waals surface area contributed by atoms with Gasteiger partial charge in [0.15, 0.2) is 16.3 Å². The van der Waals surface area contributed by atoms with Crippen LogP contribution in [-0.4, -0.2) is 36.2 Å². The van der Waals surface area contributed by atoms with Crippen LogP contribution in [0.25, 0.3) is 11.0 Å². The minimum atomic E-state index is -0.0840. The van der Waals surface area contributed by atoms with E-state index in [4.69, 9.17) is 21.7 Å². The second-order valence-electron chi connectivity index (χ2n) is 4.19. The molecule has 7 heteroatoms. The van der Waals surface area contributed by atoms with Crippen molar-refractivity contribution in [3.63, 3.8) is 0 Å². The number of hydrogen-bond donors (Lipinski definition) is 2. The zero-order chi connectivity index (χ0) is 14.7. The summed E-state index contributed by atoms with van der Waals surface area (Å²) in [6.07, 6.45) is 0. The number of carbonyl (C=O) groups is 1. The van der Waals surface area contributed by atoms with Gasteiger partial charge in [-0.3, -0.25) is 4.79 Å². The molecular weight excluding hydrogens is 278 g/mol. The van der Waals surface area contributed by atoms with E-state index in [2.05, 4.69) is 10.3 Å². The predicted molar refractivity (Wildman–Crippen MR) is 78.9 cm³/mol. The molecular formula is C13H17N3O3S. The SMILES string of the molecule is CCNC(=O)Cn1c(=S)[nH]c2cc(OC)c(OC)cc21. The van der Waals surface area contributed by atoms with Crippen LogP contribution in [0.5, 0.6) is 11.5 Å². The predicted octanol–water partition coefficient (Wildman–Crippen LogP) is 1.85. The summed E-state index contributed by atoms with van der Waals surface area (Å²) >= 11 is 5.26. The van der Waals surface area contributed by atoms with Crippen LogP contribution in [0.15, 0.2) is 12.1 Å². The molecule has 2 rings (SSSR count). The van der Waals surface area contributed by atoms with Crippen molar-refractivity contribution in [1.29, 1.82) is 0 Å². The number of aromatic amines is 1. The van der Waals surface area contributed by atoms with Crippen molar-refractivity contribution in [2.75, 3.05) is 20.8 Å². The lowest BCUT2D eigenvalue weighted by Crippen LogP contribution is -2.27. The third kappa shape index (κ3) is 2.62. The molecule has 0 saturated carbocycles. The second-order valence-corrected chi connectivity index (χ2v) is 4.58. The van der Waals surface area contributed by atoms with Gasteiger partial charge in [-0.25, -0.2) is 0 Å². The maximum absolute atomic E-state index is 11.7. The van der Waals surface area contributed by atoms with Crippen LogP contribution >= 0.6 is 12.2 Å². The number of methoxy groups -OCH3 is 2. The number of nitrogens with zero attached hydrogens (tertiary/aromatic N) is 1. The summed E-state index contributed by atoms with van der Waals surface area (Å²) in [5, 5.41) is 2.75. The van der Waals surface area contributed by atoms with Gasteiger partial charge >= 0.3 is 0 Å². The van der Waals surface area contributed by atoms with Crippen molar-refractivity contribution in [1.82, 2.24) is 14.9 Å². The molecule has 1 amide bonds. The Labute approximate surface area is 121 Å². The zero-order valence-electron chi connectivity index (χ0n) is 11.6. The molecule has 20 heavy (non-hydrogen) atoms. The van der Waals surface area contributed by atoms with E-state index in [-0.39, 0.29) is 12.5 Å². The van der Waals surface area contributed by atoms with Gasteiger partial charge in [-0.15, -0.1) is 0 Å². The first-order chi connectivity index (χ1) is 9.60. The van der Waals surface area contributed by atoms with Crippen LogP contribution in [0, 0.1) is 4.77 Å². The highest BCUT2D eigenvalue weighted by molar-refractivity contribution is 7.71. The Morgan fingerprint density at radius 3 is 2.60 bits per heavy atom. The van der Waals surface area contributed by atoms with Crippen LogP contribution in [0.2, 0.25) is 0 Å². The maximum Gasteiger partial charge on any atom is 0.240 e. The van der Waals surface area contributed by atoms with Crippen LogP contribution in [0.3, 0.4) is 0 Å². The lowest BCUT2D eigenvalue weighted by Gasteiger charge is -2.09. The van der Waals surface area contributed by atoms with E-state index in [0.29, 0.717) is 22.8 Å². The summed E-state index contributed by atoms with van der Waals surface area (Å²) in [5.41, 5.74) is 1.61. The van der Waals surface area contributed by atoms with Crippen LogP contribution in [0.4, 0.5) is 0 Å². The number of amides is 1. The molecule has 0 saturated heterocycles. The molecule has 1 heterocycles. The molecule has 0 aliphatic rings. The molecule has 6 nitrogen and oxygen atoms in total. The van der Waals surface area contributed by atoms with Gasteiger partial charge in [-0.1, -0.05) is 0 Å². The van der Waals surface area contributed by atoms with Gasteiger partial charge in [-0.2, -0.15) is 0 Å². The summed E-state index contributed by atoms with van der Waals surface area (Å²) in [6, 6.07) is 3.61. The maximum atomic E-state index is 11.7. The Morgan fingerprint density at radius 2 is 2.00 bits per heavy atom. The standard InChI is InChI=1S/C13H17N3O3S/c1-4-14-12(17)7-16-9-6-11(19-3)10(18-2)5-8(9)15-13(16)20/h5-6H,4,7H2,1-3H3,(H,14,17)(H,15,20). The Morgan fingerprint density at radius 1 is 1.35 bits per heavy atom. The fourth-order valence-electron chi connectivity index (χ4n) is 2.04. The second kappa shape index (κ2) is 5.96. The van der Waals surface area contributed by atoms with Crippen LogP contribution in [-0.2, 0) is 11.3 Å². The topological polar surface area (TPSA) is 68.3 Å². The van der Waals surface area contributed by atoms with Gasteiger partial charge in [0.2, 0.25) is 5.91 Å². The van der Waals surface area contributed by atoms with E-state index >= 15 is 0 Å². The summed E-state index contributed by atoms with van der Waals surface area (Å²) in [6.45, 7) is 2.63. The first kappa shape index (κ1) is 14.4. The van der Waals surface area contributed by atoms with E-state index in [1.165, 1.54) is 0 Å². The Hall–Kier alpha value is -2.02. The normalized spacial score (nSPS) is 10.6. The number of aromatic nitrogens is 2. The molecule has 1 aromatic carbocycles. The molecule has 0 aliphatic heterocycles. The van der Waals surface area contributed by atoms with Crippen molar-refractivity contribution in [3.05, 3.63) is 16.9 Å². The van der Waals surface area contributed by atoms with E-state index in [9.17, 15) is 4.79 Å². The highest BCUT2D eigenvalue weighted by atomic mass is 32.1. The lowest BCUT2D eigenvalue weighted by atomic mass is 10.2. The van der Waals surface area contributed by atoms with E-state index < -0.39 is 0 Å². The lowest BCUT2D eigenvalue weighted by molar-refractivity contribution is -0.121. The molecule has 2 aromatic rings. The number of imidazole rings is 1. The minimum absolute atomic E-state index is 0.0840. The highest BCUT2D eigenvalue weighted by Gasteiger charge is 2.13. The molecule has 1 aromatic heterocycles. The Kier molecular flexibility index (Phi) is 4.29. The summed E-state index contributed by atoms with van der Waals surface area (Å²) in [5.74, 6) is 1.12. The molecule has 0 aliphatic carbocycles. The van der Waals surface area contributed by atoms with Crippen molar-refractivity contribution in [2.45, 2.75) is 13.5 Å². The third-order valence-electron chi connectivity index (χ3n) is 2.96. The average molecular weight is 295 g/mol. The largest absolute Gasteiger partial charge is 0.493 e. The number of likely N-dealkylation sites (N-methyl/N-ethyl adjacent to an activating group) is 1. The number of ether oxygens (including phenoxy) is 2. The van der Waals surface area contributed by atoms with E-state index in [1.807, 2.05) is 6.92 Å². The summed E-state index contributed by atoms with van der Waals surface area (Å²) in [7, 11) is 3.14. The van der Waals surface area contributed by atoms with Gasteiger partial charge in [-0.05, 0) is 19.1 Å². The van der Waals surface area contributed by atoms with E-state index in [1.54, 1.807) is 30.9 Å². The number of rotatable bonds is 5. The fourth-order valence-corrected chi connectivity index (χ4v) is 2.31. The molecule has 0 bridgehead atoms. The fraction of sp³-hybridized carbons (Fsp3) is 0.385. The number of nitrogens with one attached hydrogen (secondary N) is 2. The van der Waals surface area contributed by atoms with Gasteiger partial charge in [0.25, 0.3) is 0 Å². The quantitative estimate of drug-likeness (QED) is 0.826. The van der Waals surface area contributed by atoms with Gasteiger partial charge in [0.05, 0.1) is 25.3 Å². The molecule has 0 atom stereocenters. The van der Waals surface area contributed by atoms with Crippen molar-refractivity contribution in [2.24, 2.45) is 0 Å². The first-order valence-electron chi connectivity index (χ1n) is 6.22. The Balaban J connectivity index is 2.52. The number of fused-ring (bicyclic) bond motifs is 1. The monoisotopic (exact) mass is 295 g/mol. The molecule has 0 radical (unpaired) electrons. The zero-order valence-corrected chi connectivity index (χ0v) is 12.5. The van der Waals surface area contributed by atoms with Crippen molar-refractivity contribution < 1.29 is 14.3 Å². The summed E-state index contributed by atoms with van der Waals surface area (Å²) in [4.78, 5) is 14.8. The van der Waals surface area contributed by atoms with Crippen molar-refractivity contribution >= 4 is 29.2 Å². The summed E-state index contributed by atoms with van der Waals surface area (Å²) < 4.78 is 12.7. The molecule has 2 N–H and O–H groups in total. The van der Waals surface area contributed by atoms with Gasteiger partial charge in [0.1, 0.15) is 6.54 Å². The average Bonchev–Trinajstić information content (AvgIpc) is 2.73. The number of H-pyrrole nitrogens is 1. The Bertz CT molecular complexity index is 690. The smallest absolute Gasteiger partial charge is 0.240 e. The number of benzene rings is 1. The van der Waals surface area contributed by atoms with E-state index in [0.717, 1.165) is 11.0 Å². The molecule has 0 spiro atoms.